The van der Waals surface area contributed by atoms with E-state index in [1.165, 1.54) is 0 Å². The molecule has 0 unspecified atom stereocenters. The Morgan fingerprint density at radius 1 is 1.08 bits per heavy atom. The average molecular weight is 500 g/mol. The minimum atomic E-state index is -0.965. The van der Waals surface area contributed by atoms with E-state index in [0.717, 1.165) is 22.5 Å². The van der Waals surface area contributed by atoms with E-state index in [2.05, 4.69) is 10.3 Å². The zero-order chi connectivity index (χ0) is 24.8. The molecule has 2 aliphatic heterocycles. The molecule has 36 heavy (non-hydrogen) atoms. The van der Waals surface area contributed by atoms with Crippen LogP contribution in [0.1, 0.15) is 39.5 Å². The molecule has 8 nitrogen and oxygen atoms in total. The predicted octanol–water partition coefficient (Wildman–Crippen LogP) is 5.25. The number of ether oxygens (including phenoxy) is 2. The number of hydrogen-bond donors (Lipinski definition) is 2. The summed E-state index contributed by atoms with van der Waals surface area (Å²) in [5, 5.41) is 13.3. The van der Waals surface area contributed by atoms with E-state index >= 15 is 0 Å². The van der Waals surface area contributed by atoms with Crippen LogP contribution in [0.15, 0.2) is 77.3 Å². The number of pyridine rings is 1. The fraction of sp³-hybridized carbons (Fsp3) is 0.148. The lowest BCUT2D eigenvalue weighted by Crippen LogP contribution is -2.29. The van der Waals surface area contributed by atoms with Gasteiger partial charge in [-0.25, -0.2) is 4.79 Å². The smallest absolute Gasteiger partial charge is 0.335 e. The Balaban J connectivity index is 1.43. The number of aryl methyl sites for hydroxylation is 1. The summed E-state index contributed by atoms with van der Waals surface area (Å²) >= 11 is 5.78. The van der Waals surface area contributed by atoms with Crippen molar-refractivity contribution in [2.24, 2.45) is 0 Å². The highest BCUT2D eigenvalue weighted by atomic mass is 32.1. The summed E-state index contributed by atoms with van der Waals surface area (Å²) in [5.41, 5.74) is 3.53. The third-order valence-electron chi connectivity index (χ3n) is 6.39. The number of carbonyl (C=O) groups is 1. The van der Waals surface area contributed by atoms with E-state index in [9.17, 15) is 9.90 Å². The lowest BCUT2D eigenvalue weighted by molar-refractivity contribution is 0.0696. The minimum absolute atomic E-state index is 0.184. The van der Waals surface area contributed by atoms with Gasteiger partial charge in [0.05, 0.1) is 17.3 Å². The lowest BCUT2D eigenvalue weighted by atomic mass is 10.0. The molecule has 0 bridgehead atoms. The van der Waals surface area contributed by atoms with Crippen LogP contribution in [-0.4, -0.2) is 28.0 Å². The van der Waals surface area contributed by atoms with Gasteiger partial charge in [-0.2, -0.15) is 0 Å². The van der Waals surface area contributed by atoms with Crippen LogP contribution in [0.5, 0.6) is 11.5 Å². The fourth-order valence-corrected chi connectivity index (χ4v) is 5.03. The number of hydrogen-bond acceptors (Lipinski definition) is 6. The van der Waals surface area contributed by atoms with Crippen LogP contribution in [0.3, 0.4) is 0 Å². The van der Waals surface area contributed by atoms with Crippen LogP contribution in [0.2, 0.25) is 0 Å². The summed E-state index contributed by atoms with van der Waals surface area (Å²) < 4.78 is 17.5. The molecule has 1 saturated heterocycles. The molecule has 6 rings (SSSR count). The highest BCUT2D eigenvalue weighted by Crippen LogP contribution is 2.45. The van der Waals surface area contributed by atoms with Crippen molar-refractivity contribution in [3.63, 3.8) is 0 Å². The molecule has 4 aromatic rings. The maximum Gasteiger partial charge on any atom is 0.335 e. The molecule has 0 spiro atoms. The number of aromatic carboxylic acids is 1. The van der Waals surface area contributed by atoms with Crippen molar-refractivity contribution in [2.75, 3.05) is 11.7 Å². The van der Waals surface area contributed by atoms with Gasteiger partial charge >= 0.3 is 5.97 Å². The summed E-state index contributed by atoms with van der Waals surface area (Å²) in [6.45, 7) is 2.05. The van der Waals surface area contributed by atoms with Gasteiger partial charge in [0, 0.05) is 23.5 Å². The van der Waals surface area contributed by atoms with Crippen molar-refractivity contribution in [3.8, 4) is 22.8 Å². The number of thiocarbonyl (C=S) groups is 1. The van der Waals surface area contributed by atoms with Gasteiger partial charge in [-0.05, 0) is 73.2 Å². The van der Waals surface area contributed by atoms with Gasteiger partial charge in [0.25, 0.3) is 0 Å². The van der Waals surface area contributed by atoms with Gasteiger partial charge in [0.1, 0.15) is 17.6 Å². The molecule has 2 atom stereocenters. The number of nitrogens with zero attached hydrogens (tertiary/aromatic N) is 2. The second-order valence-corrected chi connectivity index (χ2v) is 8.96. The highest BCUT2D eigenvalue weighted by molar-refractivity contribution is 7.80. The first kappa shape index (κ1) is 22.1. The molecule has 0 amide bonds. The first-order valence-electron chi connectivity index (χ1n) is 11.3. The molecule has 2 aliphatic rings. The molecular weight excluding hydrogens is 478 g/mol. The Hall–Kier alpha value is -4.37. The topological polar surface area (TPSA) is 97.1 Å². The second-order valence-electron chi connectivity index (χ2n) is 8.57. The Morgan fingerprint density at radius 3 is 2.72 bits per heavy atom. The number of fused-ring (bicyclic) bond motifs is 1. The molecule has 2 N–H and O–H groups in total. The zero-order valence-corrected chi connectivity index (χ0v) is 20.0. The number of nitrogens with one attached hydrogen (secondary N) is 1. The van der Waals surface area contributed by atoms with E-state index in [1.54, 1.807) is 24.4 Å². The number of aromatic nitrogens is 1. The maximum atomic E-state index is 11.4. The van der Waals surface area contributed by atoms with E-state index in [0.29, 0.717) is 28.1 Å². The SMILES string of the molecule is Cc1cc(C(=O)O)ccc1-c1ccc([C@@H]2[C@H](c3ccccn3)NC(=S)N2c2ccc3c(c2)OCO3)o1. The van der Waals surface area contributed by atoms with Crippen LogP contribution in [-0.2, 0) is 0 Å². The number of anilines is 1. The Labute approximate surface area is 212 Å². The van der Waals surface area contributed by atoms with Crippen molar-refractivity contribution in [1.82, 2.24) is 10.3 Å². The third kappa shape index (κ3) is 3.74. The van der Waals surface area contributed by atoms with E-state index in [4.69, 9.17) is 26.1 Å². The van der Waals surface area contributed by atoms with Crippen molar-refractivity contribution >= 4 is 29.0 Å². The van der Waals surface area contributed by atoms with E-state index < -0.39 is 5.97 Å². The van der Waals surface area contributed by atoms with Crippen molar-refractivity contribution < 1.29 is 23.8 Å². The molecule has 2 aromatic carbocycles. The maximum absolute atomic E-state index is 11.4. The quantitative estimate of drug-likeness (QED) is 0.357. The largest absolute Gasteiger partial charge is 0.478 e. The van der Waals surface area contributed by atoms with E-state index in [-0.39, 0.29) is 24.4 Å². The van der Waals surface area contributed by atoms with Gasteiger partial charge in [0.15, 0.2) is 16.6 Å². The Kier molecular flexibility index (Phi) is 5.34. The van der Waals surface area contributed by atoms with Gasteiger partial charge in [0.2, 0.25) is 6.79 Å². The molecule has 0 aliphatic carbocycles. The van der Waals surface area contributed by atoms with Gasteiger partial charge in [-0.15, -0.1) is 0 Å². The zero-order valence-electron chi connectivity index (χ0n) is 19.2. The van der Waals surface area contributed by atoms with Crippen molar-refractivity contribution in [1.29, 1.82) is 0 Å². The standard InChI is InChI=1S/C27H21N3O5S/c1-15-12-16(26(31)32)5-7-18(15)20-9-10-22(35-20)25-24(19-4-2-3-11-28-19)29-27(36)30(25)17-6-8-21-23(13-17)34-14-33-21/h2-13,24-25H,14H2,1H3,(H,29,36)(H,31,32)/t24-,25+/m0/s1. The van der Waals surface area contributed by atoms with E-state index in [1.807, 2.05) is 60.4 Å². The second kappa shape index (κ2) is 8.69. The molecular formula is C27H21N3O5S. The third-order valence-corrected chi connectivity index (χ3v) is 6.70. The number of carboxylic acids is 1. The molecule has 4 heterocycles. The molecule has 180 valence electrons. The molecule has 0 radical (unpaired) electrons. The normalized spacial score (nSPS) is 18.4. The first-order valence-corrected chi connectivity index (χ1v) is 11.7. The number of benzene rings is 2. The van der Waals surface area contributed by atoms with Crippen LogP contribution in [0, 0.1) is 6.92 Å². The molecule has 1 fully saturated rings. The predicted molar refractivity (Wildman–Crippen MR) is 136 cm³/mol. The summed E-state index contributed by atoms with van der Waals surface area (Å²) in [6, 6.07) is 19.7. The summed E-state index contributed by atoms with van der Waals surface area (Å²) in [5.74, 6) is 1.71. The molecule has 2 aromatic heterocycles. The minimum Gasteiger partial charge on any atom is -0.478 e. The summed E-state index contributed by atoms with van der Waals surface area (Å²) in [4.78, 5) is 17.9. The van der Waals surface area contributed by atoms with Crippen molar-refractivity contribution in [3.05, 3.63) is 95.5 Å². The highest BCUT2D eigenvalue weighted by Gasteiger charge is 2.43. The summed E-state index contributed by atoms with van der Waals surface area (Å²) in [6.07, 6.45) is 1.75. The van der Waals surface area contributed by atoms with Gasteiger partial charge in [-0.3, -0.25) is 4.98 Å². The van der Waals surface area contributed by atoms with Crippen LogP contribution < -0.4 is 19.7 Å². The number of rotatable bonds is 5. The Bertz CT molecular complexity index is 1490. The van der Waals surface area contributed by atoms with Crippen molar-refractivity contribution in [2.45, 2.75) is 19.0 Å². The number of carboxylic acid groups (broad SMARTS) is 1. The fourth-order valence-electron chi connectivity index (χ4n) is 4.69. The molecule has 9 heteroatoms. The average Bonchev–Trinajstić information content (AvgIpc) is 3.62. The van der Waals surface area contributed by atoms with Gasteiger partial charge in [-0.1, -0.05) is 12.1 Å². The first-order chi connectivity index (χ1) is 17.5. The van der Waals surface area contributed by atoms with Crippen LogP contribution >= 0.6 is 12.2 Å². The number of furan rings is 1. The summed E-state index contributed by atoms with van der Waals surface area (Å²) in [7, 11) is 0. The molecule has 0 saturated carbocycles. The monoisotopic (exact) mass is 499 g/mol. The van der Waals surface area contributed by atoms with Gasteiger partial charge < -0.3 is 29.2 Å². The Morgan fingerprint density at radius 2 is 1.94 bits per heavy atom. The van der Waals surface area contributed by atoms with Crippen LogP contribution in [0.25, 0.3) is 11.3 Å². The lowest BCUT2D eigenvalue weighted by Gasteiger charge is -2.26. The van der Waals surface area contributed by atoms with Crippen LogP contribution in [0.4, 0.5) is 5.69 Å².